The molecule has 0 aliphatic carbocycles. The summed E-state index contributed by atoms with van der Waals surface area (Å²) in [7, 11) is -1.35. The van der Waals surface area contributed by atoms with Gasteiger partial charge in [0.15, 0.2) is 9.84 Å². The van der Waals surface area contributed by atoms with Crippen molar-refractivity contribution in [2.24, 2.45) is 0 Å². The summed E-state index contributed by atoms with van der Waals surface area (Å²) in [5.41, 5.74) is 0.959. The molecule has 110 valence electrons. The predicted molar refractivity (Wildman–Crippen MR) is 76.0 cm³/mol. The van der Waals surface area contributed by atoms with Crippen molar-refractivity contribution in [3.8, 4) is 0 Å². The van der Waals surface area contributed by atoms with Crippen molar-refractivity contribution in [3.63, 3.8) is 0 Å². The Labute approximate surface area is 119 Å². The molecule has 1 fully saturated rings. The van der Waals surface area contributed by atoms with E-state index in [1.807, 2.05) is 19.1 Å². The Balaban J connectivity index is 1.95. The number of carbonyl (C=O) groups is 1. The maximum atomic E-state index is 12.1. The van der Waals surface area contributed by atoms with Gasteiger partial charge in [-0.25, -0.2) is 13.2 Å². The molecule has 0 unspecified atom stereocenters. The molecule has 1 aromatic heterocycles. The molecule has 1 aromatic rings. The lowest BCUT2D eigenvalue weighted by atomic mass is 10.1. The van der Waals surface area contributed by atoms with E-state index in [4.69, 9.17) is 0 Å². The van der Waals surface area contributed by atoms with E-state index < -0.39 is 9.84 Å². The number of hydrogen-bond acceptors (Lipinski definition) is 4. The van der Waals surface area contributed by atoms with E-state index in [-0.39, 0.29) is 29.6 Å². The van der Waals surface area contributed by atoms with Crippen molar-refractivity contribution in [1.82, 2.24) is 15.2 Å². The van der Waals surface area contributed by atoms with E-state index >= 15 is 0 Å². The zero-order valence-electron chi connectivity index (χ0n) is 11.6. The van der Waals surface area contributed by atoms with Crippen molar-refractivity contribution in [3.05, 3.63) is 30.1 Å². The van der Waals surface area contributed by atoms with Crippen molar-refractivity contribution in [2.45, 2.75) is 25.4 Å². The van der Waals surface area contributed by atoms with E-state index in [2.05, 4.69) is 10.3 Å². The molecule has 2 amide bonds. The molecule has 1 N–H and O–H groups in total. The van der Waals surface area contributed by atoms with Gasteiger partial charge in [0.1, 0.15) is 0 Å². The van der Waals surface area contributed by atoms with Crippen LogP contribution >= 0.6 is 0 Å². The van der Waals surface area contributed by atoms with Crippen molar-refractivity contribution in [2.75, 3.05) is 18.6 Å². The van der Waals surface area contributed by atoms with Crippen LogP contribution < -0.4 is 5.32 Å². The Morgan fingerprint density at radius 2 is 2.10 bits per heavy atom. The first-order valence-corrected chi connectivity index (χ1v) is 8.35. The molecule has 7 heteroatoms. The van der Waals surface area contributed by atoms with Gasteiger partial charge >= 0.3 is 6.03 Å². The van der Waals surface area contributed by atoms with Crippen LogP contribution in [0.5, 0.6) is 0 Å². The van der Waals surface area contributed by atoms with Crippen LogP contribution in [0.2, 0.25) is 0 Å². The normalized spacial score (nSPS) is 22.2. The molecule has 1 aliphatic heterocycles. The quantitative estimate of drug-likeness (QED) is 0.901. The third kappa shape index (κ3) is 3.47. The maximum Gasteiger partial charge on any atom is 0.317 e. The summed E-state index contributed by atoms with van der Waals surface area (Å²) in [4.78, 5) is 17.5. The Bertz CT molecular complexity index is 574. The lowest BCUT2D eigenvalue weighted by molar-refractivity contribution is 0.192. The Hall–Kier alpha value is -1.63. The molecule has 0 radical (unpaired) electrons. The Kier molecular flexibility index (Phi) is 4.27. The summed E-state index contributed by atoms with van der Waals surface area (Å²) in [6.07, 6.45) is 3.85. The van der Waals surface area contributed by atoms with Gasteiger partial charge < -0.3 is 10.2 Å². The summed E-state index contributed by atoms with van der Waals surface area (Å²) in [6.45, 7) is 1.88. The van der Waals surface area contributed by atoms with Crippen LogP contribution in [0, 0.1) is 0 Å². The van der Waals surface area contributed by atoms with Crippen LogP contribution in [0.1, 0.15) is 24.9 Å². The predicted octanol–water partition coefficient (Wildman–Crippen LogP) is 0.971. The first kappa shape index (κ1) is 14.8. The maximum absolute atomic E-state index is 12.1. The number of nitrogens with zero attached hydrogens (tertiary/aromatic N) is 2. The molecule has 0 spiro atoms. The van der Waals surface area contributed by atoms with Crippen molar-refractivity contribution in [1.29, 1.82) is 0 Å². The fourth-order valence-corrected chi connectivity index (χ4v) is 4.04. The fraction of sp³-hybridized carbons (Fsp3) is 0.538. The smallest absolute Gasteiger partial charge is 0.317 e. The molecule has 2 heterocycles. The zero-order chi connectivity index (χ0) is 14.8. The number of urea groups is 1. The van der Waals surface area contributed by atoms with E-state index in [1.165, 1.54) is 4.90 Å². The number of aromatic nitrogens is 1. The highest BCUT2D eigenvalue weighted by Gasteiger charge is 2.33. The number of carbonyl (C=O) groups excluding carboxylic acids is 1. The average molecular weight is 297 g/mol. The zero-order valence-corrected chi connectivity index (χ0v) is 12.4. The number of rotatable bonds is 3. The largest absolute Gasteiger partial charge is 0.331 e. The van der Waals surface area contributed by atoms with Crippen LogP contribution in [-0.4, -0.2) is 48.9 Å². The van der Waals surface area contributed by atoms with Gasteiger partial charge in [0.2, 0.25) is 0 Å². The molecule has 2 rings (SSSR count). The molecule has 0 saturated carbocycles. The third-order valence-electron chi connectivity index (χ3n) is 3.62. The van der Waals surface area contributed by atoms with Crippen LogP contribution in [-0.2, 0) is 9.84 Å². The number of amides is 2. The SMILES string of the molecule is C[C@@H](NC(=O)N(C)[C@H]1CCS(=O)(=O)C1)c1ccncc1. The third-order valence-corrected chi connectivity index (χ3v) is 5.37. The van der Waals surface area contributed by atoms with Gasteiger partial charge in [-0.1, -0.05) is 0 Å². The molecule has 6 nitrogen and oxygen atoms in total. The van der Waals surface area contributed by atoms with E-state index in [1.54, 1.807) is 19.4 Å². The van der Waals surface area contributed by atoms with Crippen molar-refractivity contribution < 1.29 is 13.2 Å². The number of pyridine rings is 1. The molecular weight excluding hydrogens is 278 g/mol. The summed E-state index contributed by atoms with van der Waals surface area (Å²) in [5.74, 6) is 0.218. The summed E-state index contributed by atoms with van der Waals surface area (Å²) in [5, 5.41) is 2.86. The van der Waals surface area contributed by atoms with Gasteiger partial charge in [-0.2, -0.15) is 0 Å². The van der Waals surface area contributed by atoms with Crippen LogP contribution in [0.15, 0.2) is 24.5 Å². The van der Waals surface area contributed by atoms with E-state index in [9.17, 15) is 13.2 Å². The monoisotopic (exact) mass is 297 g/mol. The number of nitrogens with one attached hydrogen (secondary N) is 1. The van der Waals surface area contributed by atoms with Gasteiger partial charge in [-0.05, 0) is 31.0 Å². The molecule has 2 atom stereocenters. The van der Waals surface area contributed by atoms with Gasteiger partial charge in [0, 0.05) is 25.5 Å². The van der Waals surface area contributed by atoms with E-state index in [0.717, 1.165) is 5.56 Å². The minimum atomic E-state index is -2.98. The molecule has 1 saturated heterocycles. The second-order valence-electron chi connectivity index (χ2n) is 5.12. The van der Waals surface area contributed by atoms with Gasteiger partial charge in [0.25, 0.3) is 0 Å². The average Bonchev–Trinajstić information content (AvgIpc) is 2.79. The fourth-order valence-electron chi connectivity index (χ4n) is 2.27. The Morgan fingerprint density at radius 3 is 2.65 bits per heavy atom. The molecule has 1 aliphatic rings. The van der Waals surface area contributed by atoms with Gasteiger partial charge in [-0.3, -0.25) is 4.98 Å². The summed E-state index contributed by atoms with van der Waals surface area (Å²) < 4.78 is 22.9. The van der Waals surface area contributed by atoms with Crippen LogP contribution in [0.3, 0.4) is 0 Å². The highest BCUT2D eigenvalue weighted by Crippen LogP contribution is 2.17. The van der Waals surface area contributed by atoms with Crippen LogP contribution in [0.25, 0.3) is 0 Å². The summed E-state index contributed by atoms with van der Waals surface area (Å²) in [6, 6.07) is 3.04. The topological polar surface area (TPSA) is 79.4 Å². The first-order valence-electron chi connectivity index (χ1n) is 6.53. The molecular formula is C13H19N3O3S. The lowest BCUT2D eigenvalue weighted by Crippen LogP contribution is -2.44. The van der Waals surface area contributed by atoms with Gasteiger partial charge in [0.05, 0.1) is 17.5 Å². The molecule has 0 aromatic carbocycles. The molecule has 0 bridgehead atoms. The minimum absolute atomic E-state index is 0.0561. The second-order valence-corrected chi connectivity index (χ2v) is 7.35. The highest BCUT2D eigenvalue weighted by molar-refractivity contribution is 7.91. The number of hydrogen-bond donors (Lipinski definition) is 1. The van der Waals surface area contributed by atoms with Gasteiger partial charge in [-0.15, -0.1) is 0 Å². The van der Waals surface area contributed by atoms with Crippen LogP contribution in [0.4, 0.5) is 4.79 Å². The highest BCUT2D eigenvalue weighted by atomic mass is 32.2. The first-order chi connectivity index (χ1) is 9.39. The second kappa shape index (κ2) is 5.78. The molecule has 20 heavy (non-hydrogen) atoms. The minimum Gasteiger partial charge on any atom is -0.331 e. The number of sulfone groups is 1. The Morgan fingerprint density at radius 1 is 1.45 bits per heavy atom. The standard InChI is InChI=1S/C13H19N3O3S/c1-10(11-3-6-14-7-4-11)15-13(17)16(2)12-5-8-20(18,19)9-12/h3-4,6-7,10,12H,5,8-9H2,1-2H3,(H,15,17)/t10-,12+/m1/s1. The van der Waals surface area contributed by atoms with E-state index in [0.29, 0.717) is 6.42 Å². The van der Waals surface area contributed by atoms with Crippen molar-refractivity contribution >= 4 is 15.9 Å². The lowest BCUT2D eigenvalue weighted by Gasteiger charge is -2.26. The summed E-state index contributed by atoms with van der Waals surface area (Å²) >= 11 is 0.